The van der Waals surface area contributed by atoms with Gasteiger partial charge in [-0.3, -0.25) is 19.3 Å². The van der Waals surface area contributed by atoms with Crippen LogP contribution in [0, 0.1) is 0 Å². The molecule has 0 spiro atoms. The van der Waals surface area contributed by atoms with E-state index in [-0.39, 0.29) is 11.9 Å². The highest BCUT2D eigenvalue weighted by Gasteiger charge is 2.26. The maximum atomic E-state index is 12.8. The molecule has 4 rings (SSSR count). The number of carbonyl (C=O) groups excluding carboxylic acids is 1. The van der Waals surface area contributed by atoms with Gasteiger partial charge in [0, 0.05) is 18.7 Å². The number of benzene rings is 1. The molecule has 1 amide bonds. The summed E-state index contributed by atoms with van der Waals surface area (Å²) in [6.45, 7) is 4.56. The third kappa shape index (κ3) is 3.75. The van der Waals surface area contributed by atoms with Crippen molar-refractivity contribution in [3.8, 4) is 0 Å². The fourth-order valence-corrected chi connectivity index (χ4v) is 3.97. The fourth-order valence-electron chi connectivity index (χ4n) is 3.97. The first-order valence-corrected chi connectivity index (χ1v) is 9.91. The van der Waals surface area contributed by atoms with Crippen LogP contribution >= 0.6 is 0 Å². The lowest BCUT2D eigenvalue weighted by molar-refractivity contribution is 0.0934. The number of likely N-dealkylation sites (tertiary alicyclic amines) is 1. The van der Waals surface area contributed by atoms with Gasteiger partial charge in [-0.25, -0.2) is 0 Å². The number of rotatable bonds is 6. The number of furan rings is 1. The highest BCUT2D eigenvalue weighted by Crippen LogP contribution is 2.25. The van der Waals surface area contributed by atoms with Crippen LogP contribution < -0.4 is 16.4 Å². The Kier molecular flexibility index (Phi) is 5.35. The first-order chi connectivity index (χ1) is 14.1. The van der Waals surface area contributed by atoms with E-state index in [2.05, 4.69) is 15.2 Å². The van der Waals surface area contributed by atoms with Crippen molar-refractivity contribution in [3.05, 3.63) is 68.6 Å². The molecule has 2 N–H and O–H groups in total. The van der Waals surface area contributed by atoms with Gasteiger partial charge in [-0.05, 0) is 63.2 Å². The van der Waals surface area contributed by atoms with Crippen molar-refractivity contribution >= 4 is 16.9 Å². The van der Waals surface area contributed by atoms with Gasteiger partial charge in [-0.2, -0.15) is 0 Å². The van der Waals surface area contributed by atoms with Crippen LogP contribution in [0.5, 0.6) is 0 Å². The number of H-pyrrole nitrogens is 1. The minimum absolute atomic E-state index is 0.0121. The van der Waals surface area contributed by atoms with Crippen molar-refractivity contribution in [1.82, 2.24) is 19.8 Å². The normalized spacial score (nSPS) is 15.6. The van der Waals surface area contributed by atoms with Crippen LogP contribution in [0.15, 0.2) is 50.6 Å². The molecule has 29 heavy (non-hydrogen) atoms. The van der Waals surface area contributed by atoms with Gasteiger partial charge in [-0.1, -0.05) is 0 Å². The topological polar surface area (TPSA) is 100 Å². The predicted octanol–water partition coefficient (Wildman–Crippen LogP) is 1.87. The van der Waals surface area contributed by atoms with Crippen LogP contribution in [0.1, 0.15) is 41.9 Å². The van der Waals surface area contributed by atoms with E-state index in [1.165, 1.54) is 4.57 Å². The molecular formula is C21H24N4O4. The van der Waals surface area contributed by atoms with Gasteiger partial charge >= 0.3 is 11.1 Å². The van der Waals surface area contributed by atoms with Gasteiger partial charge in [0.25, 0.3) is 5.91 Å². The number of nitrogens with one attached hydrogen (secondary N) is 2. The number of carbonyl (C=O) groups is 1. The molecule has 8 heteroatoms. The summed E-state index contributed by atoms with van der Waals surface area (Å²) in [5.41, 5.74) is 0.201. The zero-order chi connectivity index (χ0) is 20.4. The van der Waals surface area contributed by atoms with Crippen molar-refractivity contribution in [3.63, 3.8) is 0 Å². The number of hydrogen-bond donors (Lipinski definition) is 2. The van der Waals surface area contributed by atoms with Crippen LogP contribution in [0.25, 0.3) is 11.0 Å². The molecule has 1 atom stereocenters. The minimum atomic E-state index is -0.691. The van der Waals surface area contributed by atoms with Crippen LogP contribution in [-0.4, -0.2) is 40.0 Å². The van der Waals surface area contributed by atoms with Gasteiger partial charge in [0.15, 0.2) is 0 Å². The first-order valence-electron chi connectivity index (χ1n) is 9.91. The van der Waals surface area contributed by atoms with Gasteiger partial charge in [-0.15, -0.1) is 0 Å². The van der Waals surface area contributed by atoms with Crippen LogP contribution in [-0.2, 0) is 6.54 Å². The predicted molar refractivity (Wildman–Crippen MR) is 109 cm³/mol. The third-order valence-electron chi connectivity index (χ3n) is 5.46. The summed E-state index contributed by atoms with van der Waals surface area (Å²) in [5, 5.41) is 2.98. The van der Waals surface area contributed by atoms with Gasteiger partial charge in [0.1, 0.15) is 5.76 Å². The number of aromatic amines is 1. The molecule has 3 heterocycles. The number of nitrogens with zero attached hydrogens (tertiary/aromatic N) is 2. The van der Waals surface area contributed by atoms with Crippen LogP contribution in [0.2, 0.25) is 0 Å². The van der Waals surface area contributed by atoms with E-state index < -0.39 is 11.1 Å². The molecule has 2 aromatic heterocycles. The lowest BCUT2D eigenvalue weighted by Crippen LogP contribution is -2.37. The van der Waals surface area contributed by atoms with Gasteiger partial charge in [0.2, 0.25) is 0 Å². The SMILES string of the molecule is CCn1c(=O)c(=O)[nH]c2cc(C(=O)NC[C@H](c3ccco3)N3CCCC3)ccc21. The molecule has 1 fully saturated rings. The molecule has 0 radical (unpaired) electrons. The maximum absolute atomic E-state index is 12.8. The Morgan fingerprint density at radius 1 is 1.24 bits per heavy atom. The summed E-state index contributed by atoms with van der Waals surface area (Å²) < 4.78 is 6.99. The number of fused-ring (bicyclic) bond motifs is 1. The second-order valence-electron chi connectivity index (χ2n) is 7.22. The van der Waals surface area contributed by atoms with Gasteiger partial charge in [0.05, 0.1) is 23.3 Å². The van der Waals surface area contributed by atoms with E-state index in [9.17, 15) is 14.4 Å². The molecule has 3 aromatic rings. The molecule has 0 saturated carbocycles. The zero-order valence-corrected chi connectivity index (χ0v) is 16.3. The second kappa shape index (κ2) is 8.08. The van der Waals surface area contributed by atoms with Crippen LogP contribution in [0.3, 0.4) is 0 Å². The summed E-state index contributed by atoms with van der Waals surface area (Å²) in [7, 11) is 0. The Bertz CT molecular complexity index is 1120. The Morgan fingerprint density at radius 3 is 2.72 bits per heavy atom. The summed E-state index contributed by atoms with van der Waals surface area (Å²) in [4.78, 5) is 41.5. The monoisotopic (exact) mass is 396 g/mol. The quantitative estimate of drug-likeness (QED) is 0.620. The molecule has 152 valence electrons. The molecule has 1 saturated heterocycles. The minimum Gasteiger partial charge on any atom is -0.468 e. The average Bonchev–Trinajstić information content (AvgIpc) is 3.43. The van der Waals surface area contributed by atoms with Crippen molar-refractivity contribution in [1.29, 1.82) is 0 Å². The van der Waals surface area contributed by atoms with E-state index in [1.54, 1.807) is 31.4 Å². The van der Waals surface area contributed by atoms with Crippen LogP contribution in [0.4, 0.5) is 0 Å². The summed E-state index contributed by atoms with van der Waals surface area (Å²) in [6.07, 6.45) is 3.93. The van der Waals surface area contributed by atoms with Crippen molar-refractivity contribution in [2.75, 3.05) is 19.6 Å². The molecule has 1 aliphatic heterocycles. The Balaban J connectivity index is 1.56. The zero-order valence-electron chi connectivity index (χ0n) is 16.3. The molecule has 0 aliphatic carbocycles. The molecule has 8 nitrogen and oxygen atoms in total. The molecule has 1 aliphatic rings. The van der Waals surface area contributed by atoms with E-state index in [0.29, 0.717) is 29.7 Å². The Morgan fingerprint density at radius 2 is 2.03 bits per heavy atom. The van der Waals surface area contributed by atoms with E-state index in [0.717, 1.165) is 31.7 Å². The standard InChI is InChI=1S/C21H24N4O4/c1-2-25-16-8-7-14(12-15(16)23-20(27)21(25)28)19(26)22-13-17(18-6-5-11-29-18)24-9-3-4-10-24/h5-8,11-12,17H,2-4,9-10,13H2,1H3,(H,22,26)(H,23,27)/t17-/m1/s1. The summed E-state index contributed by atoms with van der Waals surface area (Å²) in [5.74, 6) is 0.597. The van der Waals surface area contributed by atoms with Crippen molar-refractivity contribution < 1.29 is 9.21 Å². The Hall–Kier alpha value is -3.13. The van der Waals surface area contributed by atoms with E-state index in [1.807, 2.05) is 12.1 Å². The summed E-state index contributed by atoms with van der Waals surface area (Å²) in [6, 6.07) is 8.74. The second-order valence-corrected chi connectivity index (χ2v) is 7.22. The van der Waals surface area contributed by atoms with E-state index >= 15 is 0 Å². The molecule has 0 unspecified atom stereocenters. The average molecular weight is 396 g/mol. The maximum Gasteiger partial charge on any atom is 0.316 e. The lowest BCUT2D eigenvalue weighted by Gasteiger charge is -2.26. The summed E-state index contributed by atoms with van der Waals surface area (Å²) >= 11 is 0. The lowest BCUT2D eigenvalue weighted by atomic mass is 10.1. The van der Waals surface area contributed by atoms with Gasteiger partial charge < -0.3 is 19.3 Å². The first kappa shape index (κ1) is 19.2. The number of aryl methyl sites for hydroxylation is 1. The number of aromatic nitrogens is 2. The number of hydrogen-bond acceptors (Lipinski definition) is 5. The molecular weight excluding hydrogens is 372 g/mol. The smallest absolute Gasteiger partial charge is 0.316 e. The third-order valence-corrected chi connectivity index (χ3v) is 5.46. The molecule has 1 aromatic carbocycles. The number of amides is 1. The van der Waals surface area contributed by atoms with Crippen molar-refractivity contribution in [2.24, 2.45) is 0 Å². The molecule has 0 bridgehead atoms. The largest absolute Gasteiger partial charge is 0.468 e. The van der Waals surface area contributed by atoms with E-state index in [4.69, 9.17) is 4.42 Å². The van der Waals surface area contributed by atoms with Crippen molar-refractivity contribution in [2.45, 2.75) is 32.4 Å². The fraction of sp³-hybridized carbons (Fsp3) is 0.381. The highest BCUT2D eigenvalue weighted by molar-refractivity contribution is 5.97. The highest BCUT2D eigenvalue weighted by atomic mass is 16.3. The Labute approximate surface area is 167 Å².